The molecule has 17 heavy (non-hydrogen) atoms. The van der Waals surface area contributed by atoms with Crippen molar-refractivity contribution in [2.24, 2.45) is 5.73 Å². The van der Waals surface area contributed by atoms with Crippen LogP contribution in [-0.4, -0.2) is 7.11 Å². The number of methoxy groups -OCH3 is 1. The number of benzene rings is 1. The molecule has 2 N–H and O–H groups in total. The van der Waals surface area contributed by atoms with Crippen molar-refractivity contribution >= 4 is 11.3 Å². The lowest BCUT2D eigenvalue weighted by atomic mass is 10.0. The average Bonchev–Trinajstić information content (AvgIpc) is 2.81. The van der Waals surface area contributed by atoms with Crippen LogP contribution in [0.4, 0.5) is 0 Å². The van der Waals surface area contributed by atoms with Gasteiger partial charge in [-0.1, -0.05) is 18.2 Å². The van der Waals surface area contributed by atoms with Crippen LogP contribution < -0.4 is 10.5 Å². The highest BCUT2D eigenvalue weighted by Gasteiger charge is 2.09. The van der Waals surface area contributed by atoms with Crippen molar-refractivity contribution in [2.75, 3.05) is 7.11 Å². The fourth-order valence-corrected chi connectivity index (χ4v) is 2.66. The molecule has 2 nitrogen and oxygen atoms in total. The third-order valence-electron chi connectivity index (χ3n) is 2.85. The Bertz CT molecular complexity index is 479. The van der Waals surface area contributed by atoms with Gasteiger partial charge in [-0.2, -0.15) is 0 Å². The molecule has 0 bridgehead atoms. The van der Waals surface area contributed by atoms with Gasteiger partial charge in [0, 0.05) is 17.3 Å². The van der Waals surface area contributed by atoms with Gasteiger partial charge in [0.2, 0.25) is 0 Å². The van der Waals surface area contributed by atoms with E-state index in [0.29, 0.717) is 0 Å². The monoisotopic (exact) mass is 247 g/mol. The van der Waals surface area contributed by atoms with Gasteiger partial charge in [-0.15, -0.1) is 11.3 Å². The summed E-state index contributed by atoms with van der Waals surface area (Å²) in [7, 11) is 1.69. The Morgan fingerprint density at radius 2 is 2.18 bits per heavy atom. The first-order valence-corrected chi connectivity index (χ1v) is 6.51. The minimum absolute atomic E-state index is 0.0539. The molecule has 1 heterocycles. The summed E-state index contributed by atoms with van der Waals surface area (Å²) in [5, 5.41) is 2.08. The number of ether oxygens (including phenoxy) is 1. The minimum Gasteiger partial charge on any atom is -0.496 e. The highest BCUT2D eigenvalue weighted by atomic mass is 32.1. The second kappa shape index (κ2) is 5.34. The summed E-state index contributed by atoms with van der Waals surface area (Å²) >= 11 is 1.75. The zero-order valence-corrected chi connectivity index (χ0v) is 11.0. The quantitative estimate of drug-likeness (QED) is 0.899. The minimum atomic E-state index is 0.0539. The van der Waals surface area contributed by atoms with E-state index >= 15 is 0 Å². The van der Waals surface area contributed by atoms with Crippen molar-refractivity contribution < 1.29 is 4.74 Å². The smallest absolute Gasteiger partial charge is 0.121 e. The van der Waals surface area contributed by atoms with E-state index in [9.17, 15) is 0 Å². The van der Waals surface area contributed by atoms with Crippen LogP contribution in [-0.2, 0) is 6.42 Å². The molecule has 1 unspecified atom stereocenters. The van der Waals surface area contributed by atoms with Gasteiger partial charge in [0.05, 0.1) is 7.11 Å². The molecule has 0 saturated carbocycles. The van der Waals surface area contributed by atoms with Crippen LogP contribution in [0, 0.1) is 6.92 Å². The number of hydrogen-bond donors (Lipinski definition) is 1. The fraction of sp³-hybridized carbons (Fsp3) is 0.286. The molecule has 0 fully saturated rings. The van der Waals surface area contributed by atoms with Crippen LogP contribution in [0.5, 0.6) is 5.75 Å². The van der Waals surface area contributed by atoms with E-state index in [1.165, 1.54) is 4.88 Å². The van der Waals surface area contributed by atoms with E-state index in [2.05, 4.69) is 23.6 Å². The molecular weight excluding hydrogens is 230 g/mol. The third-order valence-corrected chi connectivity index (χ3v) is 3.75. The summed E-state index contributed by atoms with van der Waals surface area (Å²) in [6.07, 6.45) is 0.892. The molecule has 0 spiro atoms. The lowest BCUT2D eigenvalue weighted by Crippen LogP contribution is -2.12. The SMILES string of the molecule is COc1ccc(C(N)Cc2cccs2)cc1C. The number of nitrogens with two attached hydrogens (primary N) is 1. The van der Waals surface area contributed by atoms with Gasteiger partial charge in [0.25, 0.3) is 0 Å². The lowest BCUT2D eigenvalue weighted by Gasteiger charge is -2.13. The first-order valence-electron chi connectivity index (χ1n) is 5.63. The van der Waals surface area contributed by atoms with E-state index in [1.807, 2.05) is 19.1 Å². The first-order chi connectivity index (χ1) is 8.20. The number of thiophene rings is 1. The largest absolute Gasteiger partial charge is 0.496 e. The van der Waals surface area contributed by atoms with E-state index in [0.717, 1.165) is 23.3 Å². The summed E-state index contributed by atoms with van der Waals surface area (Å²) in [5.41, 5.74) is 8.51. The van der Waals surface area contributed by atoms with E-state index in [1.54, 1.807) is 18.4 Å². The maximum atomic E-state index is 6.21. The summed E-state index contributed by atoms with van der Waals surface area (Å²) in [4.78, 5) is 1.32. The zero-order chi connectivity index (χ0) is 12.3. The van der Waals surface area contributed by atoms with Gasteiger partial charge in [0.15, 0.2) is 0 Å². The molecule has 1 aromatic heterocycles. The summed E-state index contributed by atoms with van der Waals surface area (Å²) in [6.45, 7) is 2.04. The Morgan fingerprint density at radius 3 is 2.76 bits per heavy atom. The molecule has 3 heteroatoms. The standard InChI is InChI=1S/C14H17NOS/c1-10-8-11(5-6-14(10)16-2)13(15)9-12-4-3-7-17-12/h3-8,13H,9,15H2,1-2H3. The average molecular weight is 247 g/mol. The molecule has 1 atom stereocenters. The van der Waals surface area contributed by atoms with Crippen LogP contribution in [0.1, 0.15) is 22.0 Å². The topological polar surface area (TPSA) is 35.2 Å². The third kappa shape index (κ3) is 2.87. The molecule has 0 aliphatic rings. The van der Waals surface area contributed by atoms with Gasteiger partial charge < -0.3 is 10.5 Å². The van der Waals surface area contributed by atoms with Crippen molar-refractivity contribution in [1.82, 2.24) is 0 Å². The summed E-state index contributed by atoms with van der Waals surface area (Å²) in [5.74, 6) is 0.914. The predicted molar refractivity (Wildman–Crippen MR) is 72.7 cm³/mol. The maximum Gasteiger partial charge on any atom is 0.121 e. The number of hydrogen-bond acceptors (Lipinski definition) is 3. The van der Waals surface area contributed by atoms with Gasteiger partial charge in [-0.3, -0.25) is 0 Å². The highest BCUT2D eigenvalue weighted by molar-refractivity contribution is 7.09. The lowest BCUT2D eigenvalue weighted by molar-refractivity contribution is 0.411. The predicted octanol–water partition coefficient (Wildman–Crippen LogP) is 3.31. The van der Waals surface area contributed by atoms with Crippen molar-refractivity contribution in [1.29, 1.82) is 0 Å². The van der Waals surface area contributed by atoms with Crippen molar-refractivity contribution in [3.63, 3.8) is 0 Å². The normalized spacial score (nSPS) is 12.4. The van der Waals surface area contributed by atoms with Crippen molar-refractivity contribution in [3.05, 3.63) is 51.7 Å². The van der Waals surface area contributed by atoms with Crippen LogP contribution in [0.25, 0.3) is 0 Å². The Labute approximate surface area is 106 Å². The Morgan fingerprint density at radius 1 is 1.35 bits per heavy atom. The molecular formula is C14H17NOS. The molecule has 1 aromatic carbocycles. The fourth-order valence-electron chi connectivity index (χ4n) is 1.90. The molecule has 90 valence electrons. The zero-order valence-electron chi connectivity index (χ0n) is 10.1. The van der Waals surface area contributed by atoms with Crippen LogP contribution in [0.3, 0.4) is 0 Å². The molecule has 0 amide bonds. The summed E-state index contributed by atoms with van der Waals surface area (Å²) < 4.78 is 5.25. The highest BCUT2D eigenvalue weighted by Crippen LogP contribution is 2.24. The van der Waals surface area contributed by atoms with Crippen LogP contribution >= 0.6 is 11.3 Å². The van der Waals surface area contributed by atoms with Gasteiger partial charge >= 0.3 is 0 Å². The van der Waals surface area contributed by atoms with Crippen LogP contribution in [0.2, 0.25) is 0 Å². The Kier molecular flexibility index (Phi) is 3.82. The molecule has 2 rings (SSSR count). The van der Waals surface area contributed by atoms with Gasteiger partial charge in [-0.05, 0) is 35.6 Å². The number of rotatable bonds is 4. The van der Waals surface area contributed by atoms with E-state index < -0.39 is 0 Å². The van der Waals surface area contributed by atoms with Crippen molar-refractivity contribution in [3.8, 4) is 5.75 Å². The Balaban J connectivity index is 2.14. The van der Waals surface area contributed by atoms with Gasteiger partial charge in [-0.25, -0.2) is 0 Å². The van der Waals surface area contributed by atoms with E-state index in [4.69, 9.17) is 10.5 Å². The van der Waals surface area contributed by atoms with E-state index in [-0.39, 0.29) is 6.04 Å². The second-order valence-corrected chi connectivity index (χ2v) is 5.15. The molecule has 0 aliphatic heterocycles. The maximum absolute atomic E-state index is 6.21. The molecule has 0 radical (unpaired) electrons. The summed E-state index contributed by atoms with van der Waals surface area (Å²) in [6, 6.07) is 10.4. The first kappa shape index (κ1) is 12.1. The number of aryl methyl sites for hydroxylation is 1. The second-order valence-electron chi connectivity index (χ2n) is 4.12. The molecule has 0 aliphatic carbocycles. The molecule has 0 saturated heterocycles. The van der Waals surface area contributed by atoms with Crippen LogP contribution in [0.15, 0.2) is 35.7 Å². The molecule has 2 aromatic rings. The Hall–Kier alpha value is -1.32. The van der Waals surface area contributed by atoms with Gasteiger partial charge in [0.1, 0.15) is 5.75 Å². The van der Waals surface area contributed by atoms with Crippen molar-refractivity contribution in [2.45, 2.75) is 19.4 Å².